The average Bonchev–Trinajstić information content (AvgIpc) is 2.47. The van der Waals surface area contributed by atoms with Gasteiger partial charge in [-0.05, 0) is 44.1 Å². The van der Waals surface area contributed by atoms with Gasteiger partial charge < -0.3 is 16.2 Å². The monoisotopic (exact) mass is 325 g/mol. The molecular weight excluding hydrogens is 290 g/mol. The van der Waals surface area contributed by atoms with Gasteiger partial charge in [0.25, 0.3) is 0 Å². The number of hydrogen-bond acceptors (Lipinski definition) is 4. The summed E-state index contributed by atoms with van der Waals surface area (Å²) in [6.07, 6.45) is 6.61. The molecule has 1 aliphatic carbocycles. The van der Waals surface area contributed by atoms with Crippen molar-refractivity contribution < 1.29 is 9.90 Å². The maximum absolute atomic E-state index is 12.1. The standard InChI is InChI=1S/C18H35N3O2/c1-17(2,3)8-11-20-18(16(19)23)9-12-21(13-10-18)14-6-4-5-7-15(14)22/h14-15,20,22H,4-13H2,1-3H3,(H2,19,23)/t14-,15-/m1/s1. The highest BCUT2D eigenvalue weighted by molar-refractivity contribution is 5.84. The van der Waals surface area contributed by atoms with Crippen LogP contribution in [-0.2, 0) is 4.79 Å². The molecule has 0 aromatic heterocycles. The van der Waals surface area contributed by atoms with Gasteiger partial charge >= 0.3 is 0 Å². The molecule has 0 bridgehead atoms. The smallest absolute Gasteiger partial charge is 0.237 e. The number of likely N-dealkylation sites (tertiary alicyclic amines) is 1. The molecule has 23 heavy (non-hydrogen) atoms. The van der Waals surface area contributed by atoms with Gasteiger partial charge in [0.2, 0.25) is 5.91 Å². The second kappa shape index (κ2) is 7.49. The average molecular weight is 325 g/mol. The van der Waals surface area contributed by atoms with Gasteiger partial charge in [0.15, 0.2) is 0 Å². The van der Waals surface area contributed by atoms with Crippen molar-refractivity contribution in [2.75, 3.05) is 19.6 Å². The van der Waals surface area contributed by atoms with Crippen LogP contribution in [0.3, 0.4) is 0 Å². The summed E-state index contributed by atoms with van der Waals surface area (Å²) in [6, 6.07) is 0.268. The Bertz CT molecular complexity index is 398. The van der Waals surface area contributed by atoms with Crippen molar-refractivity contribution in [2.45, 2.75) is 83.4 Å². The van der Waals surface area contributed by atoms with Crippen LogP contribution in [0.5, 0.6) is 0 Å². The number of carbonyl (C=O) groups is 1. The summed E-state index contributed by atoms with van der Waals surface area (Å²) in [4.78, 5) is 14.4. The first-order valence-corrected chi connectivity index (χ1v) is 9.21. The first-order valence-electron chi connectivity index (χ1n) is 9.21. The van der Waals surface area contributed by atoms with Gasteiger partial charge in [-0.3, -0.25) is 9.69 Å². The van der Waals surface area contributed by atoms with Gasteiger partial charge in [0.05, 0.1) is 6.10 Å². The largest absolute Gasteiger partial charge is 0.391 e. The van der Waals surface area contributed by atoms with E-state index in [0.717, 1.165) is 58.2 Å². The lowest BCUT2D eigenvalue weighted by Gasteiger charge is -2.45. The number of nitrogens with two attached hydrogens (primary N) is 1. The quantitative estimate of drug-likeness (QED) is 0.718. The number of piperidine rings is 1. The van der Waals surface area contributed by atoms with Crippen LogP contribution in [0.25, 0.3) is 0 Å². The molecule has 0 aromatic carbocycles. The highest BCUT2D eigenvalue weighted by Crippen LogP contribution is 2.29. The normalized spacial score (nSPS) is 29.4. The van der Waals surface area contributed by atoms with E-state index in [1.165, 1.54) is 6.42 Å². The van der Waals surface area contributed by atoms with E-state index in [9.17, 15) is 9.90 Å². The third-order valence-corrected chi connectivity index (χ3v) is 5.62. The number of nitrogens with zero attached hydrogens (tertiary/aromatic N) is 1. The zero-order chi connectivity index (χ0) is 17.1. The van der Waals surface area contributed by atoms with Crippen LogP contribution in [0.2, 0.25) is 0 Å². The Morgan fingerprint density at radius 2 is 1.87 bits per heavy atom. The van der Waals surface area contributed by atoms with Crippen LogP contribution >= 0.6 is 0 Å². The minimum Gasteiger partial charge on any atom is -0.391 e. The van der Waals surface area contributed by atoms with Gasteiger partial charge in [-0.2, -0.15) is 0 Å². The molecule has 0 spiro atoms. The molecule has 2 rings (SSSR count). The van der Waals surface area contributed by atoms with Crippen LogP contribution in [0.15, 0.2) is 0 Å². The Morgan fingerprint density at radius 1 is 1.26 bits per heavy atom. The van der Waals surface area contributed by atoms with Crippen LogP contribution in [0.4, 0.5) is 0 Å². The third-order valence-electron chi connectivity index (χ3n) is 5.62. The summed E-state index contributed by atoms with van der Waals surface area (Å²) in [5.74, 6) is -0.227. The molecule has 134 valence electrons. The Kier molecular flexibility index (Phi) is 6.09. The van der Waals surface area contributed by atoms with E-state index in [0.29, 0.717) is 0 Å². The van der Waals surface area contributed by atoms with Crippen molar-refractivity contribution >= 4 is 5.91 Å². The predicted molar refractivity (Wildman–Crippen MR) is 93.1 cm³/mol. The summed E-state index contributed by atoms with van der Waals surface area (Å²) in [6.45, 7) is 9.12. The fraction of sp³-hybridized carbons (Fsp3) is 0.944. The maximum Gasteiger partial charge on any atom is 0.237 e. The molecule has 1 amide bonds. The molecule has 0 aromatic rings. The van der Waals surface area contributed by atoms with Crippen LogP contribution in [-0.4, -0.2) is 53.2 Å². The second-order valence-electron chi connectivity index (χ2n) is 8.64. The Balaban J connectivity index is 1.90. The lowest BCUT2D eigenvalue weighted by atomic mass is 9.83. The number of aliphatic hydroxyl groups excluding tert-OH is 1. The summed E-state index contributed by atoms with van der Waals surface area (Å²) in [5.41, 5.74) is 5.41. The zero-order valence-electron chi connectivity index (χ0n) is 15.1. The van der Waals surface area contributed by atoms with Gasteiger partial charge in [0.1, 0.15) is 5.54 Å². The summed E-state index contributed by atoms with van der Waals surface area (Å²) in [7, 11) is 0. The number of primary amides is 1. The lowest BCUT2D eigenvalue weighted by molar-refractivity contribution is -0.127. The van der Waals surface area contributed by atoms with Crippen molar-refractivity contribution in [3.8, 4) is 0 Å². The Morgan fingerprint density at radius 3 is 2.39 bits per heavy atom. The Hall–Kier alpha value is -0.650. The van der Waals surface area contributed by atoms with E-state index in [1.54, 1.807) is 0 Å². The second-order valence-corrected chi connectivity index (χ2v) is 8.64. The molecule has 1 aliphatic heterocycles. The summed E-state index contributed by atoms with van der Waals surface area (Å²) >= 11 is 0. The van der Waals surface area contributed by atoms with Gasteiger partial charge in [-0.1, -0.05) is 33.6 Å². The van der Waals surface area contributed by atoms with Crippen molar-refractivity contribution in [2.24, 2.45) is 11.1 Å². The number of rotatable bonds is 5. The van der Waals surface area contributed by atoms with Crippen LogP contribution in [0, 0.1) is 5.41 Å². The van der Waals surface area contributed by atoms with Crippen molar-refractivity contribution in [3.63, 3.8) is 0 Å². The third kappa shape index (κ3) is 4.91. The highest BCUT2D eigenvalue weighted by atomic mass is 16.3. The molecule has 2 atom stereocenters. The molecule has 2 aliphatic rings. The molecule has 5 nitrogen and oxygen atoms in total. The topological polar surface area (TPSA) is 78.6 Å². The summed E-state index contributed by atoms with van der Waals surface area (Å²) in [5, 5.41) is 13.7. The maximum atomic E-state index is 12.1. The fourth-order valence-corrected chi connectivity index (χ4v) is 3.94. The van der Waals surface area contributed by atoms with E-state index < -0.39 is 5.54 Å². The lowest BCUT2D eigenvalue weighted by Crippen LogP contribution is -2.63. The number of hydrogen-bond donors (Lipinski definition) is 3. The first kappa shape index (κ1) is 18.7. The molecule has 1 saturated heterocycles. The van der Waals surface area contributed by atoms with Crippen molar-refractivity contribution in [3.05, 3.63) is 0 Å². The van der Waals surface area contributed by atoms with E-state index in [2.05, 4.69) is 31.0 Å². The van der Waals surface area contributed by atoms with Gasteiger partial charge in [-0.15, -0.1) is 0 Å². The number of carbonyl (C=O) groups excluding carboxylic acids is 1. The van der Waals surface area contributed by atoms with E-state index in [4.69, 9.17) is 5.73 Å². The predicted octanol–water partition coefficient (Wildman–Crippen LogP) is 1.64. The molecule has 5 heteroatoms. The van der Waals surface area contributed by atoms with Gasteiger partial charge in [0, 0.05) is 19.1 Å². The Labute approximate surface area is 141 Å². The minimum atomic E-state index is -0.568. The minimum absolute atomic E-state index is 0.210. The fourth-order valence-electron chi connectivity index (χ4n) is 3.94. The number of nitrogens with one attached hydrogen (secondary N) is 1. The SMILES string of the molecule is CC(C)(C)CCNC1(C(N)=O)CCN([C@@H]2CCCC[C@H]2O)CC1. The number of amides is 1. The molecule has 0 radical (unpaired) electrons. The highest BCUT2D eigenvalue weighted by Gasteiger charge is 2.42. The van der Waals surface area contributed by atoms with Gasteiger partial charge in [-0.25, -0.2) is 0 Å². The first-order chi connectivity index (χ1) is 10.7. The van der Waals surface area contributed by atoms with E-state index >= 15 is 0 Å². The van der Waals surface area contributed by atoms with Crippen molar-refractivity contribution in [1.82, 2.24) is 10.2 Å². The zero-order valence-corrected chi connectivity index (χ0v) is 15.1. The van der Waals surface area contributed by atoms with E-state index in [1.807, 2.05) is 0 Å². The molecule has 1 heterocycles. The van der Waals surface area contributed by atoms with E-state index in [-0.39, 0.29) is 23.5 Å². The van der Waals surface area contributed by atoms with Crippen LogP contribution < -0.4 is 11.1 Å². The molecule has 2 fully saturated rings. The molecule has 1 saturated carbocycles. The molecular formula is C18H35N3O2. The van der Waals surface area contributed by atoms with Crippen molar-refractivity contribution in [1.29, 1.82) is 0 Å². The van der Waals surface area contributed by atoms with Crippen LogP contribution in [0.1, 0.15) is 65.7 Å². The number of aliphatic hydroxyl groups is 1. The molecule has 0 unspecified atom stereocenters. The summed E-state index contributed by atoms with van der Waals surface area (Å²) < 4.78 is 0. The molecule has 4 N–H and O–H groups in total.